The SMILES string of the molecule is CCC(=O)CO[C@@H](C)C1=CCC2C(C)CCCC12C. The average molecular weight is 264 g/mol. The molecule has 0 spiro atoms. The van der Waals surface area contributed by atoms with Crippen molar-refractivity contribution in [2.24, 2.45) is 17.3 Å². The third kappa shape index (κ3) is 2.79. The molecule has 0 aromatic rings. The van der Waals surface area contributed by atoms with Crippen LogP contribution in [0.3, 0.4) is 0 Å². The topological polar surface area (TPSA) is 26.3 Å². The zero-order valence-electron chi connectivity index (χ0n) is 12.9. The van der Waals surface area contributed by atoms with Crippen LogP contribution in [0.1, 0.15) is 59.8 Å². The predicted octanol–water partition coefficient (Wildman–Crippen LogP) is 4.14. The van der Waals surface area contributed by atoms with Gasteiger partial charge in [-0.1, -0.05) is 39.7 Å². The van der Waals surface area contributed by atoms with E-state index >= 15 is 0 Å². The molecule has 0 heterocycles. The molecular weight excluding hydrogens is 236 g/mol. The average Bonchev–Trinajstić information content (AvgIpc) is 2.74. The minimum Gasteiger partial charge on any atom is -0.366 e. The number of ketones is 1. The highest BCUT2D eigenvalue weighted by molar-refractivity contribution is 5.79. The number of fused-ring (bicyclic) bond motifs is 1. The number of rotatable bonds is 5. The summed E-state index contributed by atoms with van der Waals surface area (Å²) in [5.41, 5.74) is 1.76. The van der Waals surface area contributed by atoms with Crippen LogP contribution in [0.4, 0.5) is 0 Å². The van der Waals surface area contributed by atoms with E-state index in [2.05, 4.69) is 26.8 Å². The number of hydrogen-bond acceptors (Lipinski definition) is 2. The van der Waals surface area contributed by atoms with Gasteiger partial charge in [-0.15, -0.1) is 0 Å². The Morgan fingerprint density at radius 3 is 3.00 bits per heavy atom. The fourth-order valence-corrected chi connectivity index (χ4v) is 4.18. The lowest BCUT2D eigenvalue weighted by Gasteiger charge is -2.44. The van der Waals surface area contributed by atoms with Crippen molar-refractivity contribution in [1.29, 1.82) is 0 Å². The molecule has 2 nitrogen and oxygen atoms in total. The first-order chi connectivity index (χ1) is 8.99. The van der Waals surface area contributed by atoms with Gasteiger partial charge in [-0.3, -0.25) is 4.79 Å². The van der Waals surface area contributed by atoms with Gasteiger partial charge in [0.05, 0.1) is 6.10 Å². The predicted molar refractivity (Wildman–Crippen MR) is 78.0 cm³/mol. The Hall–Kier alpha value is -0.630. The lowest BCUT2D eigenvalue weighted by atomic mass is 9.62. The Kier molecular flexibility index (Phi) is 4.50. The highest BCUT2D eigenvalue weighted by Gasteiger charge is 2.47. The second kappa shape index (κ2) is 5.78. The fourth-order valence-electron chi connectivity index (χ4n) is 4.18. The standard InChI is InChI=1S/C17H28O2/c1-5-14(18)11-19-13(3)16-9-8-15-12(2)7-6-10-17(15,16)4/h9,12-13,15H,5-8,10-11H2,1-4H3/t12?,13-,15?,17?/m0/s1. The van der Waals surface area contributed by atoms with Crippen LogP contribution in [0.2, 0.25) is 0 Å². The van der Waals surface area contributed by atoms with E-state index in [0.717, 1.165) is 11.8 Å². The van der Waals surface area contributed by atoms with Crippen LogP contribution in [-0.2, 0) is 9.53 Å². The van der Waals surface area contributed by atoms with Gasteiger partial charge in [0.1, 0.15) is 6.61 Å². The molecule has 108 valence electrons. The quantitative estimate of drug-likeness (QED) is 0.697. The van der Waals surface area contributed by atoms with Gasteiger partial charge >= 0.3 is 0 Å². The van der Waals surface area contributed by atoms with Crippen molar-refractivity contribution in [3.63, 3.8) is 0 Å². The zero-order chi connectivity index (χ0) is 14.0. The van der Waals surface area contributed by atoms with Crippen molar-refractivity contribution >= 4 is 5.78 Å². The molecule has 0 N–H and O–H groups in total. The fraction of sp³-hybridized carbons (Fsp3) is 0.824. The van der Waals surface area contributed by atoms with Gasteiger partial charge in [-0.05, 0) is 42.6 Å². The van der Waals surface area contributed by atoms with Crippen LogP contribution in [0.15, 0.2) is 11.6 Å². The normalized spacial score (nSPS) is 35.7. The zero-order valence-corrected chi connectivity index (χ0v) is 12.9. The monoisotopic (exact) mass is 264 g/mol. The lowest BCUT2D eigenvalue weighted by molar-refractivity contribution is -0.124. The van der Waals surface area contributed by atoms with Crippen molar-refractivity contribution in [1.82, 2.24) is 0 Å². The molecule has 0 aromatic heterocycles. The molecule has 4 atom stereocenters. The second-order valence-electron chi connectivity index (χ2n) is 6.63. The summed E-state index contributed by atoms with van der Waals surface area (Å²) in [6, 6.07) is 0. The van der Waals surface area contributed by atoms with Crippen molar-refractivity contribution in [2.45, 2.75) is 65.9 Å². The van der Waals surface area contributed by atoms with Gasteiger partial charge in [0.15, 0.2) is 5.78 Å². The van der Waals surface area contributed by atoms with Gasteiger partial charge in [-0.2, -0.15) is 0 Å². The van der Waals surface area contributed by atoms with Crippen molar-refractivity contribution in [3.05, 3.63) is 11.6 Å². The van der Waals surface area contributed by atoms with Gasteiger partial charge in [-0.25, -0.2) is 0 Å². The summed E-state index contributed by atoms with van der Waals surface area (Å²) in [6.07, 6.45) is 8.23. The van der Waals surface area contributed by atoms with Crippen molar-refractivity contribution in [2.75, 3.05) is 6.61 Å². The van der Waals surface area contributed by atoms with Crippen LogP contribution >= 0.6 is 0 Å². The minimum absolute atomic E-state index is 0.0933. The Morgan fingerprint density at radius 2 is 2.32 bits per heavy atom. The Balaban J connectivity index is 2.02. The number of Topliss-reactive ketones (excluding diaryl/α,β-unsaturated/α-hetero) is 1. The maximum atomic E-state index is 11.4. The van der Waals surface area contributed by atoms with Gasteiger partial charge in [0, 0.05) is 6.42 Å². The first-order valence-corrected chi connectivity index (χ1v) is 7.83. The van der Waals surface area contributed by atoms with Crippen molar-refractivity contribution in [3.8, 4) is 0 Å². The van der Waals surface area contributed by atoms with Gasteiger partial charge < -0.3 is 4.74 Å². The summed E-state index contributed by atoms with van der Waals surface area (Å²) >= 11 is 0. The molecule has 2 heteroatoms. The van der Waals surface area contributed by atoms with E-state index in [1.165, 1.54) is 31.3 Å². The van der Waals surface area contributed by atoms with Crippen molar-refractivity contribution < 1.29 is 9.53 Å². The van der Waals surface area contributed by atoms with E-state index in [0.29, 0.717) is 11.8 Å². The molecule has 0 aromatic carbocycles. The molecule has 2 aliphatic carbocycles. The summed E-state index contributed by atoms with van der Waals surface area (Å²) in [6.45, 7) is 9.08. The van der Waals surface area contributed by atoms with E-state index < -0.39 is 0 Å². The van der Waals surface area contributed by atoms with Crippen LogP contribution in [-0.4, -0.2) is 18.5 Å². The van der Waals surface area contributed by atoms with Crippen LogP contribution < -0.4 is 0 Å². The van der Waals surface area contributed by atoms with Gasteiger partial charge in [0.25, 0.3) is 0 Å². The first-order valence-electron chi connectivity index (χ1n) is 7.83. The molecule has 0 saturated heterocycles. The minimum atomic E-state index is 0.0933. The Morgan fingerprint density at radius 1 is 1.58 bits per heavy atom. The maximum absolute atomic E-state index is 11.4. The smallest absolute Gasteiger partial charge is 0.158 e. The molecule has 0 aliphatic heterocycles. The van der Waals surface area contributed by atoms with Crippen LogP contribution in [0.5, 0.6) is 0 Å². The Bertz CT molecular complexity index is 371. The molecule has 0 radical (unpaired) electrons. The number of allylic oxidation sites excluding steroid dienone is 1. The van der Waals surface area contributed by atoms with Crippen LogP contribution in [0, 0.1) is 17.3 Å². The van der Waals surface area contributed by atoms with E-state index in [4.69, 9.17) is 4.74 Å². The molecule has 2 rings (SSSR count). The lowest BCUT2D eigenvalue weighted by Crippen LogP contribution is -2.37. The maximum Gasteiger partial charge on any atom is 0.158 e. The summed E-state index contributed by atoms with van der Waals surface area (Å²) in [4.78, 5) is 11.4. The van der Waals surface area contributed by atoms with E-state index in [1.54, 1.807) is 0 Å². The van der Waals surface area contributed by atoms with Gasteiger partial charge in [0.2, 0.25) is 0 Å². The number of carbonyl (C=O) groups excluding carboxylic acids is 1. The summed E-state index contributed by atoms with van der Waals surface area (Å²) in [5, 5.41) is 0. The number of carbonyl (C=O) groups is 1. The molecule has 0 amide bonds. The van der Waals surface area contributed by atoms with E-state index in [1.807, 2.05) is 6.92 Å². The summed E-state index contributed by atoms with van der Waals surface area (Å²) in [7, 11) is 0. The first kappa shape index (κ1) is 14.8. The third-order valence-corrected chi connectivity index (χ3v) is 5.44. The van der Waals surface area contributed by atoms with E-state index in [9.17, 15) is 4.79 Å². The molecule has 0 bridgehead atoms. The summed E-state index contributed by atoms with van der Waals surface area (Å²) < 4.78 is 5.81. The third-order valence-electron chi connectivity index (χ3n) is 5.44. The highest BCUT2D eigenvalue weighted by atomic mass is 16.5. The largest absolute Gasteiger partial charge is 0.366 e. The Labute approximate surface area is 117 Å². The molecule has 3 unspecified atom stereocenters. The number of ether oxygens (including phenoxy) is 1. The highest BCUT2D eigenvalue weighted by Crippen LogP contribution is 2.55. The summed E-state index contributed by atoms with van der Waals surface area (Å²) in [5.74, 6) is 1.80. The molecule has 19 heavy (non-hydrogen) atoms. The van der Waals surface area contributed by atoms with E-state index in [-0.39, 0.29) is 18.5 Å². The molecular formula is C17H28O2. The molecule has 1 fully saturated rings. The molecule has 2 aliphatic rings. The number of hydrogen-bond donors (Lipinski definition) is 0. The molecule has 1 saturated carbocycles. The van der Waals surface area contributed by atoms with Crippen LogP contribution in [0.25, 0.3) is 0 Å². The second-order valence-corrected chi connectivity index (χ2v) is 6.63.